The van der Waals surface area contributed by atoms with Gasteiger partial charge in [0.15, 0.2) is 5.17 Å². The summed E-state index contributed by atoms with van der Waals surface area (Å²) >= 11 is 1.79. The summed E-state index contributed by atoms with van der Waals surface area (Å²) in [7, 11) is 0. The molecule has 0 radical (unpaired) electrons. The van der Waals surface area contributed by atoms with E-state index in [9.17, 15) is 4.39 Å². The van der Waals surface area contributed by atoms with Crippen LogP contribution in [0.15, 0.2) is 23.2 Å². The molecule has 1 heterocycles. The second-order valence-corrected chi connectivity index (χ2v) is 5.75. The molecule has 92 valence electrons. The van der Waals surface area contributed by atoms with Gasteiger partial charge in [-0.25, -0.2) is 4.39 Å². The van der Waals surface area contributed by atoms with Crippen molar-refractivity contribution in [1.82, 2.24) is 5.32 Å². The Kier molecular flexibility index (Phi) is 4.05. The second-order valence-electron chi connectivity index (χ2n) is 4.32. The second kappa shape index (κ2) is 5.54. The van der Waals surface area contributed by atoms with Crippen LogP contribution in [0.5, 0.6) is 0 Å². The van der Waals surface area contributed by atoms with Gasteiger partial charge in [0.1, 0.15) is 5.82 Å². The molecular weight excluding hydrogens is 235 g/mol. The zero-order valence-corrected chi connectivity index (χ0v) is 11.0. The van der Waals surface area contributed by atoms with Crippen molar-refractivity contribution in [3.05, 3.63) is 35.1 Å². The summed E-state index contributed by atoms with van der Waals surface area (Å²) in [6.45, 7) is 5.88. The van der Waals surface area contributed by atoms with Gasteiger partial charge in [0.2, 0.25) is 0 Å². The van der Waals surface area contributed by atoms with Crippen molar-refractivity contribution < 1.29 is 4.39 Å². The molecule has 17 heavy (non-hydrogen) atoms. The molecule has 1 atom stereocenters. The maximum absolute atomic E-state index is 12.9. The monoisotopic (exact) mass is 252 g/mol. The van der Waals surface area contributed by atoms with Gasteiger partial charge in [-0.2, -0.15) is 0 Å². The number of hydrogen-bond acceptors (Lipinski definition) is 3. The van der Waals surface area contributed by atoms with Gasteiger partial charge in [-0.1, -0.05) is 24.8 Å². The molecule has 0 aliphatic carbocycles. The van der Waals surface area contributed by atoms with E-state index < -0.39 is 0 Å². The molecule has 1 aliphatic heterocycles. The minimum atomic E-state index is -0.163. The molecule has 4 heteroatoms. The van der Waals surface area contributed by atoms with Gasteiger partial charge in [0.25, 0.3) is 0 Å². The normalized spacial score (nSPS) is 19.2. The summed E-state index contributed by atoms with van der Waals surface area (Å²) in [5.74, 6) is -0.163. The number of benzene rings is 1. The highest BCUT2D eigenvalue weighted by atomic mass is 32.2. The van der Waals surface area contributed by atoms with Crippen LogP contribution < -0.4 is 5.32 Å². The molecule has 1 aromatic carbocycles. The molecular formula is C13H17FN2S. The molecule has 1 aromatic rings. The number of nitrogens with zero attached hydrogens (tertiary/aromatic N) is 1. The Balaban J connectivity index is 1.82. The minimum absolute atomic E-state index is 0.163. The average Bonchev–Trinajstić information content (AvgIpc) is 2.68. The molecule has 0 bridgehead atoms. The van der Waals surface area contributed by atoms with Gasteiger partial charge in [0, 0.05) is 11.8 Å². The maximum Gasteiger partial charge on any atom is 0.156 e. The van der Waals surface area contributed by atoms with Gasteiger partial charge >= 0.3 is 0 Å². The van der Waals surface area contributed by atoms with Crippen LogP contribution >= 0.6 is 11.8 Å². The smallest absolute Gasteiger partial charge is 0.156 e. The third-order valence-corrected chi connectivity index (χ3v) is 3.83. The van der Waals surface area contributed by atoms with Crippen molar-refractivity contribution in [3.8, 4) is 0 Å². The van der Waals surface area contributed by atoms with E-state index in [4.69, 9.17) is 0 Å². The Bertz CT molecular complexity index is 431. The Morgan fingerprint density at radius 3 is 3.00 bits per heavy atom. The third-order valence-electron chi connectivity index (χ3n) is 2.78. The van der Waals surface area contributed by atoms with E-state index in [1.54, 1.807) is 17.8 Å². The summed E-state index contributed by atoms with van der Waals surface area (Å²) in [6.07, 6.45) is 0.903. The van der Waals surface area contributed by atoms with Crippen LogP contribution in [0.2, 0.25) is 0 Å². The Labute approximate surface area is 106 Å². The predicted molar refractivity (Wildman–Crippen MR) is 72.2 cm³/mol. The van der Waals surface area contributed by atoms with Crippen LogP contribution in [0, 0.1) is 12.7 Å². The lowest BCUT2D eigenvalue weighted by molar-refractivity contribution is 0.625. The Morgan fingerprint density at radius 2 is 2.35 bits per heavy atom. The molecule has 2 nitrogen and oxygen atoms in total. The zero-order valence-electron chi connectivity index (χ0n) is 10.2. The van der Waals surface area contributed by atoms with Crippen LogP contribution in [-0.2, 0) is 6.42 Å². The fourth-order valence-electron chi connectivity index (χ4n) is 1.82. The summed E-state index contributed by atoms with van der Waals surface area (Å²) in [6, 6.07) is 4.96. The predicted octanol–water partition coefficient (Wildman–Crippen LogP) is 2.76. The lowest BCUT2D eigenvalue weighted by atomic mass is 10.1. The number of nitrogens with one attached hydrogen (secondary N) is 1. The first kappa shape index (κ1) is 12.4. The largest absolute Gasteiger partial charge is 0.365 e. The van der Waals surface area contributed by atoms with Crippen LogP contribution in [0.1, 0.15) is 18.1 Å². The van der Waals surface area contributed by atoms with Crippen molar-refractivity contribution in [2.75, 3.05) is 13.1 Å². The minimum Gasteiger partial charge on any atom is -0.365 e. The van der Waals surface area contributed by atoms with E-state index in [1.165, 1.54) is 11.6 Å². The fourth-order valence-corrected chi connectivity index (χ4v) is 2.68. The van der Waals surface area contributed by atoms with Crippen molar-refractivity contribution in [2.24, 2.45) is 4.99 Å². The zero-order chi connectivity index (χ0) is 12.3. The number of rotatable bonds is 3. The fraction of sp³-hybridized carbons (Fsp3) is 0.462. The van der Waals surface area contributed by atoms with E-state index in [0.29, 0.717) is 5.25 Å². The van der Waals surface area contributed by atoms with Crippen LogP contribution in [-0.4, -0.2) is 23.5 Å². The highest BCUT2D eigenvalue weighted by Gasteiger charge is 2.13. The molecule has 0 saturated heterocycles. The molecule has 2 rings (SSSR count). The number of aliphatic imine (C=N–C) groups is 1. The first-order valence-corrected chi connectivity index (χ1v) is 6.73. The average molecular weight is 252 g/mol. The van der Waals surface area contributed by atoms with Gasteiger partial charge in [-0.05, 0) is 36.6 Å². The molecule has 0 aromatic heterocycles. The topological polar surface area (TPSA) is 24.4 Å². The summed E-state index contributed by atoms with van der Waals surface area (Å²) in [5, 5.41) is 4.95. The molecule has 0 fully saturated rings. The van der Waals surface area contributed by atoms with E-state index in [1.807, 2.05) is 13.0 Å². The van der Waals surface area contributed by atoms with Crippen molar-refractivity contribution in [2.45, 2.75) is 25.5 Å². The van der Waals surface area contributed by atoms with E-state index in [0.717, 1.165) is 30.2 Å². The number of amidine groups is 1. The first-order valence-electron chi connectivity index (χ1n) is 5.85. The van der Waals surface area contributed by atoms with E-state index >= 15 is 0 Å². The van der Waals surface area contributed by atoms with Crippen molar-refractivity contribution >= 4 is 16.9 Å². The molecule has 0 spiro atoms. The van der Waals surface area contributed by atoms with E-state index in [2.05, 4.69) is 17.2 Å². The van der Waals surface area contributed by atoms with E-state index in [-0.39, 0.29) is 5.82 Å². The quantitative estimate of drug-likeness (QED) is 0.894. The molecule has 0 saturated carbocycles. The Hall–Kier alpha value is -1.03. The van der Waals surface area contributed by atoms with Crippen LogP contribution in [0.3, 0.4) is 0 Å². The van der Waals surface area contributed by atoms with Crippen LogP contribution in [0.4, 0.5) is 4.39 Å². The maximum atomic E-state index is 12.9. The molecule has 1 N–H and O–H groups in total. The van der Waals surface area contributed by atoms with Gasteiger partial charge in [-0.15, -0.1) is 0 Å². The standard InChI is InChI=1S/C13H17FN2S/c1-9-7-12(14)4-3-11(9)5-6-15-13-16-8-10(2)17-13/h3-4,7,10H,5-6,8H2,1-2H3,(H,15,16). The summed E-state index contributed by atoms with van der Waals surface area (Å²) in [5.41, 5.74) is 2.21. The number of hydrogen-bond donors (Lipinski definition) is 1. The SMILES string of the molecule is Cc1cc(F)ccc1CCNC1=NCC(C)S1. The van der Waals surface area contributed by atoms with Crippen molar-refractivity contribution in [3.63, 3.8) is 0 Å². The third kappa shape index (κ3) is 3.46. The molecule has 1 unspecified atom stereocenters. The van der Waals surface area contributed by atoms with Gasteiger partial charge in [-0.3, -0.25) is 4.99 Å². The van der Waals surface area contributed by atoms with Crippen LogP contribution in [0.25, 0.3) is 0 Å². The molecule has 1 aliphatic rings. The lowest BCUT2D eigenvalue weighted by Gasteiger charge is -2.08. The van der Waals surface area contributed by atoms with Gasteiger partial charge in [0.05, 0.1) is 6.54 Å². The first-order chi connectivity index (χ1) is 8.15. The highest BCUT2D eigenvalue weighted by Crippen LogP contribution is 2.18. The number of halogens is 1. The lowest BCUT2D eigenvalue weighted by Crippen LogP contribution is -2.22. The number of aryl methyl sites for hydroxylation is 1. The van der Waals surface area contributed by atoms with Crippen molar-refractivity contribution in [1.29, 1.82) is 0 Å². The molecule has 0 amide bonds. The highest BCUT2D eigenvalue weighted by molar-refractivity contribution is 8.14. The Morgan fingerprint density at radius 1 is 1.53 bits per heavy atom. The summed E-state index contributed by atoms with van der Waals surface area (Å²) in [4.78, 5) is 4.39. The number of thioether (sulfide) groups is 1. The van der Waals surface area contributed by atoms with Gasteiger partial charge < -0.3 is 5.32 Å². The summed E-state index contributed by atoms with van der Waals surface area (Å²) < 4.78 is 12.9.